The number of nitrogens with two attached hydrogens (primary N) is 1. The van der Waals surface area contributed by atoms with Crippen LogP contribution in [0.4, 0.5) is 11.6 Å². The summed E-state index contributed by atoms with van der Waals surface area (Å²) < 4.78 is 0. The standard InChI is InChI=1S/C14H26N6/c1-4-6-12-17-13(10(2)14(18-12)19-15)16-11-7-5-8-20(3)9-11/h11H,4-9,15H2,1-3H3,(H2,16,17,18,19). The summed E-state index contributed by atoms with van der Waals surface area (Å²) in [7, 11) is 2.16. The number of piperidine rings is 1. The molecule has 1 saturated heterocycles. The minimum Gasteiger partial charge on any atom is -0.366 e. The highest BCUT2D eigenvalue weighted by molar-refractivity contribution is 5.57. The first-order valence-corrected chi connectivity index (χ1v) is 7.43. The van der Waals surface area contributed by atoms with Gasteiger partial charge in [-0.15, -0.1) is 0 Å². The number of aryl methyl sites for hydroxylation is 1. The van der Waals surface area contributed by atoms with Gasteiger partial charge in [0.1, 0.15) is 17.5 Å². The largest absolute Gasteiger partial charge is 0.366 e. The van der Waals surface area contributed by atoms with Crippen LogP contribution in [-0.4, -0.2) is 41.0 Å². The van der Waals surface area contributed by atoms with E-state index in [2.05, 4.69) is 39.6 Å². The van der Waals surface area contributed by atoms with Crippen LogP contribution in [0.5, 0.6) is 0 Å². The molecule has 6 nitrogen and oxygen atoms in total. The summed E-state index contributed by atoms with van der Waals surface area (Å²) in [6, 6.07) is 0.447. The SMILES string of the molecule is CCCc1nc(NN)c(C)c(NC2CCCN(C)C2)n1. The fourth-order valence-electron chi connectivity index (χ4n) is 2.66. The summed E-state index contributed by atoms with van der Waals surface area (Å²) in [5.41, 5.74) is 3.67. The number of hydrogen-bond acceptors (Lipinski definition) is 6. The highest BCUT2D eigenvalue weighted by atomic mass is 15.3. The van der Waals surface area contributed by atoms with Crippen molar-refractivity contribution in [3.8, 4) is 0 Å². The molecule has 1 atom stereocenters. The molecular weight excluding hydrogens is 252 g/mol. The normalized spacial score (nSPS) is 19.9. The van der Waals surface area contributed by atoms with Gasteiger partial charge in [-0.25, -0.2) is 15.8 Å². The van der Waals surface area contributed by atoms with E-state index in [0.29, 0.717) is 6.04 Å². The first-order valence-electron chi connectivity index (χ1n) is 7.43. The number of hydrazine groups is 1. The topological polar surface area (TPSA) is 79.1 Å². The van der Waals surface area contributed by atoms with E-state index in [0.717, 1.165) is 42.4 Å². The molecule has 0 aromatic carbocycles. The minimum absolute atomic E-state index is 0.447. The summed E-state index contributed by atoms with van der Waals surface area (Å²) in [4.78, 5) is 11.5. The number of likely N-dealkylation sites (N-methyl/N-ethyl adjacent to an activating group) is 1. The van der Waals surface area contributed by atoms with Crippen LogP contribution < -0.4 is 16.6 Å². The lowest BCUT2D eigenvalue weighted by atomic mass is 10.1. The van der Waals surface area contributed by atoms with Gasteiger partial charge in [-0.3, -0.25) is 0 Å². The quantitative estimate of drug-likeness (QED) is 0.560. The monoisotopic (exact) mass is 278 g/mol. The number of aromatic nitrogens is 2. The predicted octanol–water partition coefficient (Wildman–Crippen LogP) is 1.53. The van der Waals surface area contributed by atoms with Crippen molar-refractivity contribution in [3.05, 3.63) is 11.4 Å². The van der Waals surface area contributed by atoms with Gasteiger partial charge in [0.2, 0.25) is 0 Å². The summed E-state index contributed by atoms with van der Waals surface area (Å²) in [5, 5.41) is 3.56. The van der Waals surface area contributed by atoms with Gasteiger partial charge in [0.15, 0.2) is 0 Å². The van der Waals surface area contributed by atoms with Crippen molar-refractivity contribution >= 4 is 11.6 Å². The van der Waals surface area contributed by atoms with E-state index in [1.807, 2.05) is 6.92 Å². The smallest absolute Gasteiger partial charge is 0.148 e. The number of nitrogen functional groups attached to an aromatic ring is 1. The molecule has 1 aromatic heterocycles. The Balaban J connectivity index is 2.18. The van der Waals surface area contributed by atoms with Gasteiger partial charge >= 0.3 is 0 Å². The highest BCUT2D eigenvalue weighted by Gasteiger charge is 2.19. The average molecular weight is 278 g/mol. The summed E-state index contributed by atoms with van der Waals surface area (Å²) >= 11 is 0. The molecule has 0 radical (unpaired) electrons. The molecule has 1 aromatic rings. The second-order valence-electron chi connectivity index (χ2n) is 5.60. The second kappa shape index (κ2) is 6.85. The number of hydrogen-bond donors (Lipinski definition) is 3. The lowest BCUT2D eigenvalue weighted by Crippen LogP contribution is -2.40. The summed E-state index contributed by atoms with van der Waals surface area (Å²) in [6.07, 6.45) is 4.30. The maximum Gasteiger partial charge on any atom is 0.148 e. The van der Waals surface area contributed by atoms with Crippen molar-refractivity contribution in [3.63, 3.8) is 0 Å². The zero-order valence-corrected chi connectivity index (χ0v) is 12.7. The van der Waals surface area contributed by atoms with E-state index in [9.17, 15) is 0 Å². The van der Waals surface area contributed by atoms with Gasteiger partial charge in [0.05, 0.1) is 0 Å². The minimum atomic E-state index is 0.447. The number of anilines is 2. The van der Waals surface area contributed by atoms with Gasteiger partial charge < -0.3 is 15.6 Å². The second-order valence-corrected chi connectivity index (χ2v) is 5.60. The van der Waals surface area contributed by atoms with E-state index in [-0.39, 0.29) is 0 Å². The Bertz CT molecular complexity index is 448. The lowest BCUT2D eigenvalue weighted by molar-refractivity contribution is 0.260. The molecule has 4 N–H and O–H groups in total. The Morgan fingerprint density at radius 1 is 1.35 bits per heavy atom. The number of nitrogens with zero attached hydrogens (tertiary/aromatic N) is 3. The molecule has 2 rings (SSSR count). The third-order valence-corrected chi connectivity index (χ3v) is 3.77. The zero-order valence-electron chi connectivity index (χ0n) is 12.7. The Labute approximate surface area is 121 Å². The van der Waals surface area contributed by atoms with Crippen LogP contribution in [0.2, 0.25) is 0 Å². The number of nitrogens with one attached hydrogen (secondary N) is 2. The van der Waals surface area contributed by atoms with Crippen molar-refractivity contribution in [2.75, 3.05) is 30.9 Å². The third-order valence-electron chi connectivity index (χ3n) is 3.77. The molecule has 1 aliphatic heterocycles. The van der Waals surface area contributed by atoms with E-state index in [1.54, 1.807) is 0 Å². The summed E-state index contributed by atoms with van der Waals surface area (Å²) in [5.74, 6) is 8.04. The average Bonchev–Trinajstić information content (AvgIpc) is 2.42. The molecule has 1 unspecified atom stereocenters. The molecule has 0 bridgehead atoms. The first-order chi connectivity index (χ1) is 9.63. The Kier molecular flexibility index (Phi) is 5.14. The molecule has 1 aliphatic rings. The molecule has 0 saturated carbocycles. The lowest BCUT2D eigenvalue weighted by Gasteiger charge is -2.31. The van der Waals surface area contributed by atoms with Crippen LogP contribution in [-0.2, 0) is 6.42 Å². The van der Waals surface area contributed by atoms with E-state index in [4.69, 9.17) is 5.84 Å². The third kappa shape index (κ3) is 3.58. The Morgan fingerprint density at radius 2 is 2.10 bits per heavy atom. The van der Waals surface area contributed by atoms with Gasteiger partial charge in [0.25, 0.3) is 0 Å². The first kappa shape index (κ1) is 15.0. The number of likely N-dealkylation sites (tertiary alicyclic amines) is 1. The van der Waals surface area contributed by atoms with Crippen LogP contribution >= 0.6 is 0 Å². The Hall–Kier alpha value is -1.40. The molecule has 0 amide bonds. The van der Waals surface area contributed by atoms with Gasteiger partial charge in [0, 0.05) is 24.6 Å². The van der Waals surface area contributed by atoms with Crippen molar-refractivity contribution in [1.82, 2.24) is 14.9 Å². The molecule has 6 heteroatoms. The molecule has 1 fully saturated rings. The number of rotatable bonds is 5. The highest BCUT2D eigenvalue weighted by Crippen LogP contribution is 2.22. The predicted molar refractivity (Wildman–Crippen MR) is 82.7 cm³/mol. The van der Waals surface area contributed by atoms with Gasteiger partial charge in [-0.2, -0.15) is 0 Å². The van der Waals surface area contributed by atoms with E-state index >= 15 is 0 Å². The maximum absolute atomic E-state index is 5.56. The molecule has 0 spiro atoms. The van der Waals surface area contributed by atoms with Crippen LogP contribution in [0.1, 0.15) is 37.6 Å². The van der Waals surface area contributed by atoms with Gasteiger partial charge in [-0.05, 0) is 39.8 Å². The van der Waals surface area contributed by atoms with Crippen molar-refractivity contribution in [2.24, 2.45) is 5.84 Å². The van der Waals surface area contributed by atoms with E-state index in [1.165, 1.54) is 19.4 Å². The Morgan fingerprint density at radius 3 is 2.75 bits per heavy atom. The fourth-order valence-corrected chi connectivity index (χ4v) is 2.66. The van der Waals surface area contributed by atoms with Crippen LogP contribution in [0.15, 0.2) is 0 Å². The molecule has 0 aliphatic carbocycles. The zero-order chi connectivity index (χ0) is 14.5. The van der Waals surface area contributed by atoms with Crippen molar-refractivity contribution in [1.29, 1.82) is 0 Å². The molecule has 112 valence electrons. The van der Waals surface area contributed by atoms with Gasteiger partial charge in [-0.1, -0.05) is 6.92 Å². The van der Waals surface area contributed by atoms with Crippen LogP contribution in [0, 0.1) is 6.92 Å². The van der Waals surface area contributed by atoms with Crippen molar-refractivity contribution in [2.45, 2.75) is 45.6 Å². The van der Waals surface area contributed by atoms with Crippen molar-refractivity contribution < 1.29 is 0 Å². The molecule has 20 heavy (non-hydrogen) atoms. The molecule has 2 heterocycles. The van der Waals surface area contributed by atoms with Crippen LogP contribution in [0.3, 0.4) is 0 Å². The maximum atomic E-state index is 5.56. The fraction of sp³-hybridized carbons (Fsp3) is 0.714. The molecular formula is C14H26N6. The van der Waals surface area contributed by atoms with Crippen LogP contribution in [0.25, 0.3) is 0 Å². The van der Waals surface area contributed by atoms with E-state index < -0.39 is 0 Å². The summed E-state index contributed by atoms with van der Waals surface area (Å²) in [6.45, 7) is 6.36.